The van der Waals surface area contributed by atoms with Gasteiger partial charge in [-0.2, -0.15) is 0 Å². The van der Waals surface area contributed by atoms with E-state index in [1.54, 1.807) is 17.0 Å². The van der Waals surface area contributed by atoms with Crippen LogP contribution in [-0.2, 0) is 24.9 Å². The maximum absolute atomic E-state index is 12.8. The zero-order chi connectivity index (χ0) is 16.9. The number of aromatic amines is 1. The molecule has 3 aromatic rings. The molecule has 0 saturated carbocycles. The van der Waals surface area contributed by atoms with E-state index >= 15 is 0 Å². The van der Waals surface area contributed by atoms with Crippen molar-refractivity contribution < 1.29 is 4.42 Å². The van der Waals surface area contributed by atoms with Crippen LogP contribution in [0.5, 0.6) is 0 Å². The van der Waals surface area contributed by atoms with E-state index in [1.807, 2.05) is 12.1 Å². The van der Waals surface area contributed by atoms with Gasteiger partial charge in [-0.15, -0.1) is 0 Å². The smallest absolute Gasteiger partial charge is 0.276 e. The van der Waals surface area contributed by atoms with Gasteiger partial charge in [0.25, 0.3) is 5.56 Å². The molecule has 1 aliphatic heterocycles. The molecule has 0 bridgehead atoms. The first-order valence-electron chi connectivity index (χ1n) is 8.29. The Morgan fingerprint density at radius 3 is 2.92 bits per heavy atom. The highest BCUT2D eigenvalue weighted by atomic mass is 16.3. The summed E-state index contributed by atoms with van der Waals surface area (Å²) >= 11 is 0. The van der Waals surface area contributed by atoms with E-state index in [2.05, 4.69) is 30.8 Å². The minimum Gasteiger partial charge on any atom is -0.472 e. The second kappa shape index (κ2) is 5.34. The first-order chi connectivity index (χ1) is 11.4. The number of nitrogens with zero attached hydrogens (tertiary/aromatic N) is 3. The Labute approximate surface area is 140 Å². The van der Waals surface area contributed by atoms with Gasteiger partial charge in [0.2, 0.25) is 0 Å². The molecule has 0 unspecified atom stereocenters. The molecule has 0 aliphatic carbocycles. The molecule has 0 aromatic carbocycles. The number of nitrogens with one attached hydrogen (secondary N) is 1. The maximum atomic E-state index is 12.8. The van der Waals surface area contributed by atoms with Crippen LogP contribution in [0.4, 0.5) is 0 Å². The summed E-state index contributed by atoms with van der Waals surface area (Å²) < 4.78 is 6.73. The predicted molar refractivity (Wildman–Crippen MR) is 91.0 cm³/mol. The van der Waals surface area contributed by atoms with Crippen molar-refractivity contribution in [2.45, 2.75) is 45.7 Å². The number of rotatable bonds is 2. The van der Waals surface area contributed by atoms with Crippen molar-refractivity contribution in [2.75, 3.05) is 6.54 Å². The van der Waals surface area contributed by atoms with Crippen LogP contribution < -0.4 is 5.56 Å². The lowest BCUT2D eigenvalue weighted by Gasteiger charge is -2.26. The van der Waals surface area contributed by atoms with Crippen molar-refractivity contribution in [3.05, 3.63) is 57.5 Å². The number of aromatic nitrogens is 3. The number of H-pyrrole nitrogens is 1. The molecule has 1 aliphatic rings. The fourth-order valence-corrected chi connectivity index (χ4v) is 3.21. The van der Waals surface area contributed by atoms with Crippen LogP contribution in [0, 0.1) is 0 Å². The van der Waals surface area contributed by atoms with Gasteiger partial charge in [0, 0.05) is 47.9 Å². The molecule has 4 heterocycles. The van der Waals surface area contributed by atoms with Crippen LogP contribution in [-0.4, -0.2) is 26.0 Å². The normalized spacial score (nSPS) is 15.8. The summed E-state index contributed by atoms with van der Waals surface area (Å²) in [6.45, 7) is 8.73. The summed E-state index contributed by atoms with van der Waals surface area (Å²) in [7, 11) is 0. The molecule has 3 aromatic heterocycles. The van der Waals surface area contributed by atoms with E-state index < -0.39 is 0 Å². The van der Waals surface area contributed by atoms with Gasteiger partial charge in [-0.25, -0.2) is 9.50 Å². The molecule has 126 valence electrons. The lowest BCUT2D eigenvalue weighted by atomic mass is 9.93. The van der Waals surface area contributed by atoms with Crippen LogP contribution in [0.2, 0.25) is 0 Å². The van der Waals surface area contributed by atoms with Gasteiger partial charge in [0.1, 0.15) is 0 Å². The summed E-state index contributed by atoms with van der Waals surface area (Å²) in [5.41, 5.74) is 4.58. The summed E-state index contributed by atoms with van der Waals surface area (Å²) in [4.78, 5) is 19.9. The molecule has 6 nitrogen and oxygen atoms in total. The highest BCUT2D eigenvalue weighted by Gasteiger charge is 2.24. The Morgan fingerprint density at radius 1 is 1.38 bits per heavy atom. The molecule has 1 N–H and O–H groups in total. The third kappa shape index (κ3) is 2.57. The minimum atomic E-state index is -0.0477. The number of hydrogen-bond donors (Lipinski definition) is 1. The van der Waals surface area contributed by atoms with E-state index in [4.69, 9.17) is 9.40 Å². The fourth-order valence-electron chi connectivity index (χ4n) is 3.21. The lowest BCUT2D eigenvalue weighted by Crippen LogP contribution is -2.35. The zero-order valence-corrected chi connectivity index (χ0v) is 14.3. The first-order valence-corrected chi connectivity index (χ1v) is 8.29. The van der Waals surface area contributed by atoms with Crippen molar-refractivity contribution >= 4 is 5.65 Å². The highest BCUT2D eigenvalue weighted by molar-refractivity contribution is 5.43. The quantitative estimate of drug-likeness (QED) is 0.785. The van der Waals surface area contributed by atoms with Gasteiger partial charge in [0.05, 0.1) is 18.2 Å². The molecule has 0 saturated heterocycles. The second-order valence-corrected chi connectivity index (χ2v) is 7.55. The molecule has 4 rings (SSSR count). The molecule has 0 atom stereocenters. The predicted octanol–water partition coefficient (Wildman–Crippen LogP) is 2.47. The highest BCUT2D eigenvalue weighted by Crippen LogP contribution is 2.22. The Bertz CT molecular complexity index is 928. The number of fused-ring (bicyclic) bond motifs is 2. The molecule has 0 fully saturated rings. The summed E-state index contributed by atoms with van der Waals surface area (Å²) in [5.74, 6) is 0. The summed E-state index contributed by atoms with van der Waals surface area (Å²) in [6, 6.07) is 3.96. The average Bonchev–Trinajstić information content (AvgIpc) is 3.16. The molecular formula is C18H22N4O2. The fraction of sp³-hybridized carbons (Fsp3) is 0.444. The minimum absolute atomic E-state index is 0.0356. The van der Waals surface area contributed by atoms with Crippen molar-refractivity contribution in [3.8, 4) is 0 Å². The standard InChI is InChI=1S/C18H22N4O2/c1-18(2,3)15-8-16-19-14-10-21(9-12-5-7-24-11-12)6-4-13(14)17(23)22(16)20-15/h5,7-8,11,20H,4,6,9-10H2,1-3H3. The van der Waals surface area contributed by atoms with Gasteiger partial charge in [-0.05, 0) is 12.5 Å². The van der Waals surface area contributed by atoms with Gasteiger partial charge in [-0.1, -0.05) is 20.8 Å². The lowest BCUT2D eigenvalue weighted by molar-refractivity contribution is 0.240. The van der Waals surface area contributed by atoms with E-state index in [9.17, 15) is 4.79 Å². The monoisotopic (exact) mass is 326 g/mol. The topological polar surface area (TPSA) is 66.5 Å². The van der Waals surface area contributed by atoms with Gasteiger partial charge in [-0.3, -0.25) is 14.8 Å². The third-order valence-electron chi connectivity index (χ3n) is 4.64. The van der Waals surface area contributed by atoms with Crippen LogP contribution >= 0.6 is 0 Å². The van der Waals surface area contributed by atoms with Gasteiger partial charge in [0.15, 0.2) is 5.65 Å². The Balaban J connectivity index is 1.70. The molecule has 0 radical (unpaired) electrons. The molecule has 24 heavy (non-hydrogen) atoms. The van der Waals surface area contributed by atoms with Crippen LogP contribution in [0.15, 0.2) is 33.9 Å². The van der Waals surface area contributed by atoms with E-state index in [0.29, 0.717) is 12.2 Å². The molecule has 6 heteroatoms. The maximum Gasteiger partial charge on any atom is 0.276 e. The molecule has 0 spiro atoms. The third-order valence-corrected chi connectivity index (χ3v) is 4.64. The van der Waals surface area contributed by atoms with Gasteiger partial charge < -0.3 is 4.42 Å². The largest absolute Gasteiger partial charge is 0.472 e. The Morgan fingerprint density at radius 2 is 2.21 bits per heavy atom. The molecule has 0 amide bonds. The number of furan rings is 1. The Kier molecular flexibility index (Phi) is 3.38. The molecular weight excluding hydrogens is 304 g/mol. The van der Waals surface area contributed by atoms with Crippen molar-refractivity contribution in [1.82, 2.24) is 19.5 Å². The zero-order valence-electron chi connectivity index (χ0n) is 14.3. The van der Waals surface area contributed by atoms with Crippen molar-refractivity contribution in [1.29, 1.82) is 0 Å². The van der Waals surface area contributed by atoms with Crippen LogP contribution in [0.25, 0.3) is 5.65 Å². The Hall–Kier alpha value is -2.34. The van der Waals surface area contributed by atoms with Gasteiger partial charge >= 0.3 is 0 Å². The van der Waals surface area contributed by atoms with Crippen LogP contribution in [0.1, 0.15) is 43.3 Å². The van der Waals surface area contributed by atoms with Crippen molar-refractivity contribution in [2.24, 2.45) is 0 Å². The summed E-state index contributed by atoms with van der Waals surface area (Å²) in [5, 5.41) is 3.22. The van der Waals surface area contributed by atoms with E-state index in [1.165, 1.54) is 0 Å². The second-order valence-electron chi connectivity index (χ2n) is 7.55. The van der Waals surface area contributed by atoms with Crippen molar-refractivity contribution in [3.63, 3.8) is 0 Å². The SMILES string of the molecule is CC(C)(C)c1cc2nc3c(c(=O)n2[nH]1)CCN(Cc1ccoc1)C3. The number of hydrogen-bond acceptors (Lipinski definition) is 4. The summed E-state index contributed by atoms with van der Waals surface area (Å²) in [6.07, 6.45) is 4.18. The van der Waals surface area contributed by atoms with E-state index in [-0.39, 0.29) is 11.0 Å². The average molecular weight is 326 g/mol. The van der Waals surface area contributed by atoms with E-state index in [0.717, 1.165) is 42.0 Å². The first kappa shape index (κ1) is 15.2. The van der Waals surface area contributed by atoms with Crippen LogP contribution in [0.3, 0.4) is 0 Å².